The molecular weight excluding hydrogens is 719 g/mol. The third-order valence-electron chi connectivity index (χ3n) is 7.43. The summed E-state index contributed by atoms with van der Waals surface area (Å²) in [7, 11) is 1.69. The Kier molecular flexibility index (Phi) is 10.4. The lowest BCUT2D eigenvalue weighted by molar-refractivity contribution is -0.664. The number of hydrogen-bond donors (Lipinski definition) is 5. The number of oxime groups is 1. The molecule has 1 fully saturated rings. The van der Waals surface area contributed by atoms with Crippen LogP contribution in [-0.4, -0.2) is 96.0 Å². The van der Waals surface area contributed by atoms with E-state index < -0.39 is 59.0 Å². The van der Waals surface area contributed by atoms with Gasteiger partial charge in [0.1, 0.15) is 39.2 Å². The number of halogens is 4. The van der Waals surface area contributed by atoms with Crippen LogP contribution in [0.1, 0.15) is 24.9 Å². The molecule has 2 unspecified atom stereocenters. The van der Waals surface area contributed by atoms with Crippen LogP contribution in [0.3, 0.4) is 0 Å². The number of fused-ring (bicyclic) bond motifs is 2. The summed E-state index contributed by atoms with van der Waals surface area (Å²) in [5, 5.41) is 27.3. The van der Waals surface area contributed by atoms with Crippen LogP contribution in [-0.2, 0) is 43.3 Å². The number of pyridine rings is 1. The molecule has 0 bridgehead atoms. The van der Waals surface area contributed by atoms with Crippen LogP contribution in [0.4, 0.5) is 18.3 Å². The van der Waals surface area contributed by atoms with Gasteiger partial charge in [-0.25, -0.2) is 19.1 Å². The first-order chi connectivity index (χ1) is 23.1. The number of nitrogens with two attached hydrogens (primary N) is 1. The molecule has 22 heteroatoms. The SMILES string of the molecule is CNCCCn1c(C(F)(F)F)nc2c1ccc[n+]2CC1=C(C(=O)O)N2C(=O)C(NC(=O)/C(=N\O[C@@H](C)C(=O)O)c3nc(N)sc3Cl)C2SC1. The van der Waals surface area contributed by atoms with Gasteiger partial charge >= 0.3 is 29.6 Å². The first-order valence-corrected chi connectivity index (χ1v) is 16.6. The van der Waals surface area contributed by atoms with Gasteiger partial charge < -0.3 is 31.4 Å². The maximum atomic E-state index is 14.0. The predicted molar refractivity (Wildman–Crippen MR) is 169 cm³/mol. The van der Waals surface area contributed by atoms with Crippen LogP contribution >= 0.6 is 34.7 Å². The van der Waals surface area contributed by atoms with Crippen molar-refractivity contribution in [1.29, 1.82) is 0 Å². The van der Waals surface area contributed by atoms with Crippen molar-refractivity contribution in [3.63, 3.8) is 0 Å². The number of carbonyl (C=O) groups excluding carboxylic acids is 2. The number of carboxylic acid groups (broad SMARTS) is 2. The van der Waals surface area contributed by atoms with Crippen LogP contribution in [0.15, 0.2) is 34.8 Å². The largest absolute Gasteiger partial charge is 0.478 e. The number of anilines is 1. The molecule has 2 aliphatic rings. The number of amides is 2. The minimum absolute atomic E-state index is 0.0173. The van der Waals surface area contributed by atoms with Crippen molar-refractivity contribution in [2.45, 2.75) is 50.1 Å². The maximum absolute atomic E-state index is 14.0. The zero-order valence-corrected chi connectivity index (χ0v) is 27.9. The lowest BCUT2D eigenvalue weighted by Gasteiger charge is -2.49. The van der Waals surface area contributed by atoms with Crippen molar-refractivity contribution in [3.05, 3.63) is 45.5 Å². The second-order valence-corrected chi connectivity index (χ2v) is 13.4. The third-order valence-corrected chi connectivity index (χ3v) is 9.85. The smallest absolute Gasteiger partial charge is 0.475 e. The van der Waals surface area contributed by atoms with Crippen LogP contribution in [0, 0.1) is 0 Å². The molecule has 2 amide bonds. The number of nitrogen functional groups attached to an aromatic ring is 1. The molecule has 3 aromatic rings. The number of nitrogens with zero attached hydrogens (tertiary/aromatic N) is 6. The van der Waals surface area contributed by atoms with Gasteiger partial charge in [0, 0.05) is 17.9 Å². The van der Waals surface area contributed by atoms with Gasteiger partial charge in [-0.05, 0) is 44.1 Å². The Balaban J connectivity index is 1.42. The molecule has 2 aliphatic heterocycles. The van der Waals surface area contributed by atoms with E-state index in [0.29, 0.717) is 13.0 Å². The average molecular weight is 747 g/mol. The van der Waals surface area contributed by atoms with Crippen molar-refractivity contribution in [2.75, 3.05) is 25.1 Å². The standard InChI is InChI=1S/C27H27ClF3N9O7S2/c1-11(23(43)44)47-37-15(14-18(28)49-26(32)35-14)20(41)34-16-21(42)40-17(24(45)46)12(10-48-22(16)40)9-38-7-3-5-13-19(38)36-25(27(29,30)31)39(13)8-4-6-33-2/h3,5,7,11,16,22,33H,4,6,8-10H2,1-2H3,(H4-,32,34,35,41,43,44,45,46)/p+1/b37-15-/t11-,16?,22?/m0/s1. The van der Waals surface area contributed by atoms with E-state index in [4.69, 9.17) is 27.3 Å². The molecule has 0 saturated carbocycles. The van der Waals surface area contributed by atoms with Crippen molar-refractivity contribution < 1.29 is 52.0 Å². The highest BCUT2D eigenvalue weighted by Gasteiger charge is 2.55. The highest BCUT2D eigenvalue weighted by molar-refractivity contribution is 8.00. The Morgan fingerprint density at radius 2 is 2.04 bits per heavy atom. The molecule has 0 radical (unpaired) electrons. The summed E-state index contributed by atoms with van der Waals surface area (Å²) in [4.78, 5) is 64.1. The third kappa shape index (κ3) is 7.14. The number of hydrogen-bond acceptors (Lipinski definition) is 12. The van der Waals surface area contributed by atoms with Gasteiger partial charge in [0.25, 0.3) is 11.8 Å². The summed E-state index contributed by atoms with van der Waals surface area (Å²) in [5.74, 6) is -5.71. The summed E-state index contributed by atoms with van der Waals surface area (Å²) in [5.41, 5.74) is 4.92. The molecule has 16 nitrogen and oxygen atoms in total. The number of rotatable bonds is 13. The number of nitrogens with one attached hydrogen (secondary N) is 2. The van der Waals surface area contributed by atoms with Gasteiger partial charge in [-0.1, -0.05) is 28.1 Å². The Bertz CT molecular complexity index is 1900. The second kappa shape index (κ2) is 14.2. The Morgan fingerprint density at radius 1 is 1.31 bits per heavy atom. The topological polar surface area (TPSA) is 218 Å². The number of carboxylic acids is 2. The average Bonchev–Trinajstić information content (AvgIpc) is 3.59. The number of aliphatic carboxylic acids is 2. The fraction of sp³-hybridized carbons (Fsp3) is 0.407. The number of alkyl halides is 3. The van der Waals surface area contributed by atoms with E-state index in [1.54, 1.807) is 7.05 Å². The fourth-order valence-corrected chi connectivity index (χ4v) is 7.44. The maximum Gasteiger partial charge on any atom is 0.475 e. The summed E-state index contributed by atoms with van der Waals surface area (Å²) in [6, 6.07) is 1.78. The molecule has 1 saturated heterocycles. The van der Waals surface area contributed by atoms with E-state index in [0.717, 1.165) is 39.5 Å². The quantitative estimate of drug-likeness (QED) is 0.0550. The molecule has 5 rings (SSSR count). The van der Waals surface area contributed by atoms with Gasteiger partial charge in [0.2, 0.25) is 6.10 Å². The van der Waals surface area contributed by atoms with Crippen LogP contribution in [0.2, 0.25) is 4.34 Å². The lowest BCUT2D eigenvalue weighted by atomic mass is 10.0. The Morgan fingerprint density at radius 3 is 2.65 bits per heavy atom. The summed E-state index contributed by atoms with van der Waals surface area (Å²) in [6.45, 7) is 1.48. The van der Waals surface area contributed by atoms with Gasteiger partial charge in [-0.3, -0.25) is 19.1 Å². The molecule has 0 aromatic carbocycles. The molecule has 5 heterocycles. The van der Waals surface area contributed by atoms with E-state index in [2.05, 4.69) is 25.8 Å². The highest BCUT2D eigenvalue weighted by atomic mass is 35.5. The van der Waals surface area contributed by atoms with Crippen LogP contribution < -0.4 is 20.9 Å². The van der Waals surface area contributed by atoms with Crippen LogP contribution in [0.5, 0.6) is 0 Å². The molecular formula is C27H28ClF3N9O7S2+. The molecule has 6 N–H and O–H groups in total. The second-order valence-electron chi connectivity index (χ2n) is 10.7. The van der Waals surface area contributed by atoms with E-state index >= 15 is 0 Å². The number of imidazole rings is 1. The monoisotopic (exact) mass is 746 g/mol. The van der Waals surface area contributed by atoms with Crippen molar-refractivity contribution >= 4 is 80.5 Å². The Hall–Kier alpha value is -4.47. The lowest BCUT2D eigenvalue weighted by Crippen LogP contribution is -2.71. The van der Waals surface area contributed by atoms with Gasteiger partial charge in [-0.2, -0.15) is 13.2 Å². The summed E-state index contributed by atoms with van der Waals surface area (Å²) >= 11 is 8.07. The molecule has 3 aromatic heterocycles. The summed E-state index contributed by atoms with van der Waals surface area (Å²) < 4.78 is 44.3. The number of thiazole rings is 1. The first-order valence-electron chi connectivity index (χ1n) is 14.3. The predicted octanol–water partition coefficient (Wildman–Crippen LogP) is 1.28. The minimum Gasteiger partial charge on any atom is -0.478 e. The molecule has 0 spiro atoms. The van der Waals surface area contributed by atoms with Crippen molar-refractivity contribution in [1.82, 2.24) is 30.1 Å². The minimum atomic E-state index is -4.75. The normalized spacial score (nSPS) is 18.7. The number of β-lactam (4-membered cyclic amide) rings is 1. The number of aromatic nitrogens is 4. The molecule has 49 heavy (non-hydrogen) atoms. The van der Waals surface area contributed by atoms with Gasteiger partial charge in [0.15, 0.2) is 10.8 Å². The number of aryl methyl sites for hydroxylation is 1. The molecule has 262 valence electrons. The van der Waals surface area contributed by atoms with Crippen LogP contribution in [0.25, 0.3) is 11.2 Å². The van der Waals surface area contributed by atoms with Gasteiger partial charge in [0.05, 0.1) is 6.20 Å². The number of carbonyl (C=O) groups is 4. The van der Waals surface area contributed by atoms with E-state index in [1.165, 1.54) is 22.9 Å². The highest BCUT2D eigenvalue weighted by Crippen LogP contribution is 2.41. The molecule has 3 atom stereocenters. The number of thioether (sulfide) groups is 1. The zero-order valence-electron chi connectivity index (χ0n) is 25.5. The zero-order chi connectivity index (χ0) is 35.8. The summed E-state index contributed by atoms with van der Waals surface area (Å²) in [6.07, 6.45) is -4.34. The van der Waals surface area contributed by atoms with E-state index in [1.807, 2.05) is 0 Å². The Labute approximate surface area is 287 Å². The van der Waals surface area contributed by atoms with E-state index in [-0.39, 0.29) is 56.4 Å². The van der Waals surface area contributed by atoms with Crippen molar-refractivity contribution in [2.24, 2.45) is 5.16 Å². The van der Waals surface area contributed by atoms with E-state index in [9.17, 15) is 37.5 Å². The van der Waals surface area contributed by atoms with Gasteiger partial charge in [-0.15, -0.1) is 11.8 Å². The first kappa shape index (κ1) is 35.8. The fourth-order valence-electron chi connectivity index (χ4n) is 5.17. The molecule has 0 aliphatic carbocycles. The van der Waals surface area contributed by atoms with Crippen molar-refractivity contribution in [3.8, 4) is 0 Å².